The van der Waals surface area contributed by atoms with Gasteiger partial charge < -0.3 is 10.0 Å². The Kier molecular flexibility index (Phi) is 3.57. The zero-order valence-electron chi connectivity index (χ0n) is 11.9. The van der Waals surface area contributed by atoms with Crippen molar-refractivity contribution < 1.29 is 27.7 Å². The number of carboxylic acid groups (broad SMARTS) is 1. The Labute approximate surface area is 131 Å². The van der Waals surface area contributed by atoms with Crippen molar-refractivity contribution in [2.24, 2.45) is 0 Å². The lowest BCUT2D eigenvalue weighted by Gasteiger charge is -2.17. The average Bonchev–Trinajstić information content (AvgIpc) is 2.74. The molecule has 0 fully saturated rings. The van der Waals surface area contributed by atoms with E-state index in [2.05, 4.69) is 0 Å². The lowest BCUT2D eigenvalue weighted by atomic mass is 10.1. The number of anilines is 1. The molecule has 1 aliphatic rings. The smallest absolute Gasteiger partial charge is 0.303 e. The Balaban J connectivity index is 2.11. The molecule has 7 nitrogen and oxygen atoms in total. The predicted octanol–water partition coefficient (Wildman–Crippen LogP) is 1.91. The molecular formula is C15H13NO6S. The van der Waals surface area contributed by atoms with E-state index in [1.54, 1.807) is 12.1 Å². The maximum absolute atomic E-state index is 12.5. The summed E-state index contributed by atoms with van der Waals surface area (Å²) in [4.78, 5) is 24.3. The predicted molar refractivity (Wildman–Crippen MR) is 82.3 cm³/mol. The SMILES string of the molecule is O=C(O)CCCN1C(=O)c2cccc3c(S(=O)(=O)O)ccc1c23. The topological polar surface area (TPSA) is 112 Å². The van der Waals surface area contributed by atoms with Crippen molar-refractivity contribution in [1.82, 2.24) is 0 Å². The summed E-state index contributed by atoms with van der Waals surface area (Å²) in [7, 11) is -4.41. The third kappa shape index (κ3) is 2.55. The zero-order chi connectivity index (χ0) is 16.8. The quantitative estimate of drug-likeness (QED) is 0.807. The van der Waals surface area contributed by atoms with Crippen LogP contribution in [-0.2, 0) is 14.9 Å². The van der Waals surface area contributed by atoms with Crippen molar-refractivity contribution >= 4 is 38.5 Å². The van der Waals surface area contributed by atoms with Gasteiger partial charge in [0, 0.05) is 29.3 Å². The number of aliphatic carboxylic acids is 1. The Hall–Kier alpha value is -2.45. The van der Waals surface area contributed by atoms with Crippen molar-refractivity contribution in [3.63, 3.8) is 0 Å². The third-order valence-electron chi connectivity index (χ3n) is 3.80. The zero-order valence-corrected chi connectivity index (χ0v) is 12.7. The van der Waals surface area contributed by atoms with E-state index in [0.717, 1.165) is 0 Å². The van der Waals surface area contributed by atoms with Crippen LogP contribution in [0.3, 0.4) is 0 Å². The average molecular weight is 335 g/mol. The standard InChI is InChI=1S/C15H13NO6S/c17-13(18)5-2-8-16-11-6-7-12(23(20,21)22)9-3-1-4-10(14(9)11)15(16)19/h1,3-4,6-7H,2,5,8H2,(H,17,18)(H,20,21,22). The van der Waals surface area contributed by atoms with Gasteiger partial charge in [0.15, 0.2) is 0 Å². The highest BCUT2D eigenvalue weighted by atomic mass is 32.2. The molecule has 0 bridgehead atoms. The highest BCUT2D eigenvalue weighted by Crippen LogP contribution is 2.40. The van der Waals surface area contributed by atoms with Crippen molar-refractivity contribution in [3.05, 3.63) is 35.9 Å². The van der Waals surface area contributed by atoms with Crippen molar-refractivity contribution in [3.8, 4) is 0 Å². The van der Waals surface area contributed by atoms with Crippen LogP contribution in [0.2, 0.25) is 0 Å². The lowest BCUT2D eigenvalue weighted by molar-refractivity contribution is -0.137. The highest BCUT2D eigenvalue weighted by Gasteiger charge is 2.31. The Bertz CT molecular complexity index is 934. The first-order valence-electron chi connectivity index (χ1n) is 6.87. The van der Waals surface area contributed by atoms with Gasteiger partial charge in [-0.05, 0) is 24.6 Å². The van der Waals surface area contributed by atoms with Gasteiger partial charge >= 0.3 is 5.97 Å². The number of benzene rings is 2. The summed E-state index contributed by atoms with van der Waals surface area (Å²) >= 11 is 0. The minimum Gasteiger partial charge on any atom is -0.481 e. The molecule has 0 unspecified atom stereocenters. The molecule has 3 rings (SSSR count). The second-order valence-corrected chi connectivity index (χ2v) is 6.63. The van der Waals surface area contributed by atoms with Crippen molar-refractivity contribution in [2.45, 2.75) is 17.7 Å². The summed E-state index contributed by atoms with van der Waals surface area (Å²) in [6, 6.07) is 7.37. The third-order valence-corrected chi connectivity index (χ3v) is 4.71. The van der Waals surface area contributed by atoms with Crippen LogP contribution in [0.1, 0.15) is 23.2 Å². The molecule has 120 valence electrons. The van der Waals surface area contributed by atoms with Crippen LogP contribution < -0.4 is 4.90 Å². The molecule has 0 aromatic heterocycles. The Morgan fingerprint density at radius 2 is 1.91 bits per heavy atom. The van der Waals surface area contributed by atoms with Gasteiger partial charge in [0.2, 0.25) is 0 Å². The number of hydrogen-bond donors (Lipinski definition) is 2. The van der Waals surface area contributed by atoms with Crippen LogP contribution in [0.4, 0.5) is 5.69 Å². The van der Waals surface area contributed by atoms with E-state index in [1.807, 2.05) is 0 Å². The molecule has 8 heteroatoms. The molecule has 1 heterocycles. The normalized spacial score (nSPS) is 13.8. The largest absolute Gasteiger partial charge is 0.481 e. The lowest BCUT2D eigenvalue weighted by Crippen LogP contribution is -2.28. The molecule has 0 saturated carbocycles. The Morgan fingerprint density at radius 1 is 1.17 bits per heavy atom. The number of amides is 1. The van der Waals surface area contributed by atoms with E-state index in [4.69, 9.17) is 5.11 Å². The summed E-state index contributed by atoms with van der Waals surface area (Å²) in [5.74, 6) is -1.25. The molecule has 0 radical (unpaired) electrons. The molecule has 0 atom stereocenters. The first kappa shape index (κ1) is 15.4. The number of carbonyl (C=O) groups excluding carboxylic acids is 1. The summed E-state index contributed by atoms with van der Waals surface area (Å²) in [6.45, 7) is 0.222. The summed E-state index contributed by atoms with van der Waals surface area (Å²) in [5, 5.41) is 9.44. The van der Waals surface area contributed by atoms with Gasteiger partial charge in [-0.25, -0.2) is 0 Å². The second-order valence-electron chi connectivity index (χ2n) is 5.24. The molecule has 1 aliphatic heterocycles. The first-order chi connectivity index (χ1) is 10.8. The van der Waals surface area contributed by atoms with Crippen LogP contribution in [0.5, 0.6) is 0 Å². The minimum absolute atomic E-state index is 0.0631. The Morgan fingerprint density at radius 3 is 2.57 bits per heavy atom. The number of nitrogens with zero attached hydrogens (tertiary/aromatic N) is 1. The second kappa shape index (κ2) is 5.32. The summed E-state index contributed by atoms with van der Waals surface area (Å²) in [5.41, 5.74) is 0.872. The van der Waals surface area contributed by atoms with Crippen LogP contribution in [-0.4, -0.2) is 36.5 Å². The van der Waals surface area contributed by atoms with Crippen LogP contribution >= 0.6 is 0 Å². The van der Waals surface area contributed by atoms with E-state index in [-0.39, 0.29) is 35.6 Å². The summed E-state index contributed by atoms with van der Waals surface area (Å²) < 4.78 is 32.3. The van der Waals surface area contributed by atoms with Gasteiger partial charge in [0.1, 0.15) is 4.90 Å². The molecule has 2 N–H and O–H groups in total. The summed E-state index contributed by atoms with van der Waals surface area (Å²) in [6.07, 6.45) is 0.225. The highest BCUT2D eigenvalue weighted by molar-refractivity contribution is 7.86. The monoisotopic (exact) mass is 335 g/mol. The fourth-order valence-corrected chi connectivity index (χ4v) is 3.54. The van der Waals surface area contributed by atoms with E-state index in [1.165, 1.54) is 23.1 Å². The van der Waals surface area contributed by atoms with Gasteiger partial charge in [-0.3, -0.25) is 14.1 Å². The number of carbonyl (C=O) groups is 2. The number of rotatable bonds is 5. The van der Waals surface area contributed by atoms with Crippen LogP contribution in [0.15, 0.2) is 35.2 Å². The molecule has 0 spiro atoms. The molecule has 23 heavy (non-hydrogen) atoms. The number of carboxylic acids is 1. The van der Waals surface area contributed by atoms with Gasteiger partial charge in [0.05, 0.1) is 5.69 Å². The van der Waals surface area contributed by atoms with E-state index in [9.17, 15) is 22.6 Å². The molecular weight excluding hydrogens is 322 g/mol. The first-order valence-corrected chi connectivity index (χ1v) is 8.31. The van der Waals surface area contributed by atoms with Gasteiger partial charge in [-0.1, -0.05) is 12.1 Å². The van der Waals surface area contributed by atoms with Crippen LogP contribution in [0.25, 0.3) is 10.8 Å². The minimum atomic E-state index is -4.41. The fraction of sp³-hybridized carbons (Fsp3) is 0.200. The molecule has 2 aromatic rings. The van der Waals surface area contributed by atoms with Gasteiger partial charge in [-0.2, -0.15) is 8.42 Å². The maximum Gasteiger partial charge on any atom is 0.303 e. The molecule has 1 amide bonds. The van der Waals surface area contributed by atoms with E-state index < -0.39 is 16.1 Å². The molecule has 0 aliphatic carbocycles. The maximum atomic E-state index is 12.5. The fourth-order valence-electron chi connectivity index (χ4n) is 2.85. The van der Waals surface area contributed by atoms with Crippen molar-refractivity contribution in [2.75, 3.05) is 11.4 Å². The molecule has 0 saturated heterocycles. The van der Waals surface area contributed by atoms with E-state index in [0.29, 0.717) is 16.6 Å². The number of hydrogen-bond acceptors (Lipinski definition) is 4. The van der Waals surface area contributed by atoms with Gasteiger partial charge in [0.25, 0.3) is 16.0 Å². The van der Waals surface area contributed by atoms with Crippen LogP contribution in [0, 0.1) is 0 Å². The van der Waals surface area contributed by atoms with Crippen molar-refractivity contribution in [1.29, 1.82) is 0 Å². The molecule has 2 aromatic carbocycles. The van der Waals surface area contributed by atoms with Gasteiger partial charge in [-0.15, -0.1) is 0 Å². The van der Waals surface area contributed by atoms with E-state index >= 15 is 0 Å².